The molecule has 3 heterocycles. The van der Waals surface area contributed by atoms with Crippen LogP contribution in [-0.4, -0.2) is 40.2 Å². The molecule has 0 fully saturated rings. The summed E-state index contributed by atoms with van der Waals surface area (Å²) in [4.78, 5) is 24.0. The second-order valence-corrected chi connectivity index (χ2v) is 8.64. The molecule has 4 aliphatic rings. The summed E-state index contributed by atoms with van der Waals surface area (Å²) in [6.07, 6.45) is 20.0. The van der Waals surface area contributed by atoms with Crippen molar-refractivity contribution < 1.29 is 41.6 Å². The van der Waals surface area contributed by atoms with E-state index in [0.29, 0.717) is 11.7 Å². The summed E-state index contributed by atoms with van der Waals surface area (Å²) in [5.41, 5.74) is 6.24. The molecule has 2 aliphatic heterocycles. The Morgan fingerprint density at radius 1 is 0.714 bits per heavy atom. The number of hydrogen-bond donors (Lipinski definition) is 0. The van der Waals surface area contributed by atoms with E-state index in [9.17, 15) is 0 Å². The first-order valence-electron chi connectivity index (χ1n) is 11.8. The average molecular weight is 553 g/mol. The Bertz CT molecular complexity index is 1090. The molecule has 1 aromatic heterocycles. The molecule has 5 nitrogen and oxygen atoms in total. The molecule has 1 radical (unpaired) electrons. The Kier molecular flexibility index (Phi) is 11.0. The molecule has 2 aliphatic carbocycles. The van der Waals surface area contributed by atoms with Gasteiger partial charge in [0.15, 0.2) is 11.7 Å². The Morgan fingerprint density at radius 3 is 1.60 bits per heavy atom. The smallest absolute Gasteiger partial charge is 1.00 e. The van der Waals surface area contributed by atoms with Crippen LogP contribution in [0.25, 0.3) is 0 Å². The predicted molar refractivity (Wildman–Crippen MR) is 133 cm³/mol. The van der Waals surface area contributed by atoms with Gasteiger partial charge in [-0.2, -0.15) is 0 Å². The van der Waals surface area contributed by atoms with Gasteiger partial charge in [0.25, 0.3) is 0 Å². The summed E-state index contributed by atoms with van der Waals surface area (Å²) in [5, 5.41) is 0. The van der Waals surface area contributed by atoms with E-state index >= 15 is 0 Å². The summed E-state index contributed by atoms with van der Waals surface area (Å²) < 4.78 is 0. The quantitative estimate of drug-likeness (QED) is 0.433. The van der Waals surface area contributed by atoms with Gasteiger partial charge in [0.2, 0.25) is 0 Å². The van der Waals surface area contributed by atoms with Crippen molar-refractivity contribution in [3.8, 4) is 0 Å². The van der Waals surface area contributed by atoms with E-state index in [-0.39, 0.29) is 53.7 Å². The number of nitrogens with zero attached hydrogens (tertiary/aromatic N) is 5. The zero-order chi connectivity index (χ0) is 21.9. The van der Waals surface area contributed by atoms with E-state index < -0.39 is 0 Å². The number of rotatable bonds is 8. The number of fused-ring (bicyclic) bond motifs is 2. The first-order valence-corrected chi connectivity index (χ1v) is 11.8. The molecule has 0 saturated carbocycles. The van der Waals surface area contributed by atoms with Gasteiger partial charge in [0.05, 0.1) is 11.4 Å². The second kappa shape index (κ2) is 13.3. The third-order valence-electron chi connectivity index (χ3n) is 6.10. The predicted octanol–water partition coefficient (Wildman–Crippen LogP) is -0.400. The molecule has 0 spiro atoms. The summed E-state index contributed by atoms with van der Waals surface area (Å²) >= 11 is 0. The summed E-state index contributed by atoms with van der Waals surface area (Å²) in [5.74, 6) is 1.38. The molecule has 0 amide bonds. The van der Waals surface area contributed by atoms with Crippen LogP contribution in [0, 0.1) is 0 Å². The fourth-order valence-corrected chi connectivity index (χ4v) is 4.26. The Balaban J connectivity index is 0.00000144. The van der Waals surface area contributed by atoms with Gasteiger partial charge in [-0.25, -0.2) is 15.0 Å². The van der Waals surface area contributed by atoms with Gasteiger partial charge in [0.1, 0.15) is 23.5 Å². The number of aromatic nitrogens is 1. The molecular weight excluding hydrogens is 524 g/mol. The van der Waals surface area contributed by atoms with Crippen molar-refractivity contribution >= 4 is 23.1 Å². The first-order chi connectivity index (χ1) is 15.7. The van der Waals surface area contributed by atoms with Gasteiger partial charge in [-0.05, 0) is 61.1 Å². The Hall–Kier alpha value is -2.12. The SMILES string of the molecule is CCCCC1=CC2=NC(c3cccc(C4=NC5C=CC(CCCC)=CC5=N4)n3)=NC2C=C1.[Cl-].[Cl-].[Co+2]. The maximum absolute atomic E-state index is 4.82. The number of aliphatic imine (C=N–C) groups is 4. The third-order valence-corrected chi connectivity index (χ3v) is 6.10. The van der Waals surface area contributed by atoms with Crippen molar-refractivity contribution in [2.24, 2.45) is 20.0 Å². The van der Waals surface area contributed by atoms with Crippen LogP contribution < -0.4 is 24.8 Å². The topological polar surface area (TPSA) is 62.3 Å². The Labute approximate surface area is 230 Å². The van der Waals surface area contributed by atoms with Crippen LogP contribution in [0.2, 0.25) is 0 Å². The molecule has 35 heavy (non-hydrogen) atoms. The molecule has 5 rings (SSSR count). The summed E-state index contributed by atoms with van der Waals surface area (Å²) in [6.45, 7) is 4.43. The van der Waals surface area contributed by atoms with Crippen molar-refractivity contribution in [3.63, 3.8) is 0 Å². The molecule has 0 bridgehead atoms. The molecule has 0 N–H and O–H groups in total. The van der Waals surface area contributed by atoms with E-state index in [1.807, 2.05) is 18.2 Å². The van der Waals surface area contributed by atoms with Crippen LogP contribution in [-0.2, 0) is 16.8 Å². The van der Waals surface area contributed by atoms with Gasteiger partial charge < -0.3 is 24.8 Å². The maximum Gasteiger partial charge on any atom is 2.00 e. The van der Waals surface area contributed by atoms with Gasteiger partial charge in [-0.1, -0.05) is 57.1 Å². The van der Waals surface area contributed by atoms with E-state index in [0.717, 1.165) is 35.7 Å². The first kappa shape index (κ1) is 29.1. The van der Waals surface area contributed by atoms with E-state index in [1.54, 1.807) is 0 Å². The third kappa shape index (κ3) is 6.56. The second-order valence-electron chi connectivity index (χ2n) is 8.64. The van der Waals surface area contributed by atoms with Crippen LogP contribution in [0.5, 0.6) is 0 Å². The van der Waals surface area contributed by atoms with Crippen LogP contribution in [0.4, 0.5) is 0 Å². The number of pyridine rings is 1. The monoisotopic (exact) mass is 552 g/mol. The van der Waals surface area contributed by atoms with Crippen molar-refractivity contribution in [2.75, 3.05) is 0 Å². The molecule has 185 valence electrons. The zero-order valence-corrected chi connectivity index (χ0v) is 22.5. The van der Waals surface area contributed by atoms with E-state index in [2.05, 4.69) is 50.3 Å². The molecule has 8 heteroatoms. The van der Waals surface area contributed by atoms with Crippen molar-refractivity contribution in [2.45, 2.75) is 64.5 Å². The normalized spacial score (nSPS) is 21.1. The Morgan fingerprint density at radius 2 is 1.17 bits per heavy atom. The number of halogens is 2. The fourth-order valence-electron chi connectivity index (χ4n) is 4.26. The molecule has 1 aromatic rings. The number of allylic oxidation sites excluding steroid dienone is 4. The standard InChI is InChI=1S/C27H29N5.2ClH.Co/c1-3-5-8-18-12-14-20-24(16-18)31-26(29-20)22-10-7-11-23(28-22)27-30-21-15-13-19(9-6-4-2)17-25(21)32-27;;;/h7,10-17,20-21H,3-6,8-9H2,1-2H3;2*1H;/q;;;+2/p-2. The number of amidine groups is 2. The van der Waals surface area contributed by atoms with Gasteiger partial charge >= 0.3 is 16.8 Å². The van der Waals surface area contributed by atoms with Gasteiger partial charge in [0, 0.05) is 0 Å². The largest absolute Gasteiger partial charge is 2.00 e. The van der Waals surface area contributed by atoms with Crippen LogP contribution >= 0.6 is 0 Å². The van der Waals surface area contributed by atoms with Crippen molar-refractivity contribution in [1.29, 1.82) is 0 Å². The van der Waals surface area contributed by atoms with Crippen LogP contribution in [0.15, 0.2) is 85.8 Å². The molecule has 2 atom stereocenters. The minimum absolute atomic E-state index is 0. The van der Waals surface area contributed by atoms with Crippen molar-refractivity contribution in [1.82, 2.24) is 4.98 Å². The minimum atomic E-state index is 0. The zero-order valence-electron chi connectivity index (χ0n) is 19.9. The van der Waals surface area contributed by atoms with Gasteiger partial charge in [-0.15, -0.1) is 0 Å². The van der Waals surface area contributed by atoms with E-state index in [1.165, 1.54) is 36.8 Å². The molecule has 0 saturated heterocycles. The fraction of sp³-hybridized carbons (Fsp3) is 0.370. The number of unbranched alkanes of at least 4 members (excludes halogenated alkanes) is 2. The maximum atomic E-state index is 4.82. The average Bonchev–Trinajstić information content (AvgIpc) is 3.45. The number of hydrogen-bond acceptors (Lipinski definition) is 5. The molecule has 2 unspecified atom stereocenters. The summed E-state index contributed by atoms with van der Waals surface area (Å²) in [7, 11) is 0. The van der Waals surface area contributed by atoms with E-state index in [4.69, 9.17) is 25.0 Å². The van der Waals surface area contributed by atoms with Crippen LogP contribution in [0.1, 0.15) is 63.8 Å². The molecular formula is C27H29Cl2CoN5. The van der Waals surface area contributed by atoms with Crippen molar-refractivity contribution in [3.05, 3.63) is 77.2 Å². The minimum Gasteiger partial charge on any atom is -1.00 e. The molecule has 0 aromatic carbocycles. The van der Waals surface area contributed by atoms with Crippen LogP contribution in [0.3, 0.4) is 0 Å². The van der Waals surface area contributed by atoms with Gasteiger partial charge in [-0.3, -0.25) is 9.98 Å². The summed E-state index contributed by atoms with van der Waals surface area (Å²) in [6, 6.07) is 5.93.